The van der Waals surface area contributed by atoms with Crippen molar-refractivity contribution in [3.63, 3.8) is 0 Å². The van der Waals surface area contributed by atoms with Gasteiger partial charge >= 0.3 is 0 Å². The third-order valence-corrected chi connectivity index (χ3v) is 5.79. The lowest BCUT2D eigenvalue weighted by Crippen LogP contribution is -2.38. The van der Waals surface area contributed by atoms with Crippen LogP contribution in [-0.2, 0) is 0 Å². The van der Waals surface area contributed by atoms with Crippen molar-refractivity contribution in [3.05, 3.63) is 29.8 Å². The van der Waals surface area contributed by atoms with Crippen molar-refractivity contribution in [2.75, 3.05) is 26.2 Å². The van der Waals surface area contributed by atoms with E-state index in [-0.39, 0.29) is 0 Å². The van der Waals surface area contributed by atoms with Crippen molar-refractivity contribution in [2.45, 2.75) is 37.6 Å². The first-order chi connectivity index (χ1) is 10.3. The van der Waals surface area contributed by atoms with Crippen LogP contribution < -0.4 is 10.5 Å². The molecule has 2 aliphatic heterocycles. The van der Waals surface area contributed by atoms with Crippen molar-refractivity contribution in [3.8, 4) is 5.75 Å². The molecule has 1 saturated carbocycles. The summed E-state index contributed by atoms with van der Waals surface area (Å²) in [6, 6.07) is 9.01. The van der Waals surface area contributed by atoms with E-state index in [4.69, 9.17) is 10.5 Å². The van der Waals surface area contributed by atoms with E-state index in [0.29, 0.717) is 12.0 Å². The minimum absolute atomic E-state index is 0.440. The Balaban J connectivity index is 1.46. The molecule has 114 valence electrons. The summed E-state index contributed by atoms with van der Waals surface area (Å²) in [5.74, 6) is 3.33. The van der Waals surface area contributed by atoms with Crippen LogP contribution in [-0.4, -0.2) is 37.2 Å². The molecule has 1 aromatic carbocycles. The van der Waals surface area contributed by atoms with Gasteiger partial charge in [-0.15, -0.1) is 0 Å². The fourth-order valence-electron chi connectivity index (χ4n) is 4.68. The number of nitrogens with zero attached hydrogens (tertiary/aromatic N) is 1. The van der Waals surface area contributed by atoms with Crippen LogP contribution in [0.4, 0.5) is 0 Å². The molecule has 1 aliphatic carbocycles. The Hall–Kier alpha value is -1.06. The van der Waals surface area contributed by atoms with Crippen LogP contribution in [0.25, 0.3) is 0 Å². The maximum Gasteiger partial charge on any atom is 0.122 e. The summed E-state index contributed by atoms with van der Waals surface area (Å²) in [6.45, 7) is 4.52. The van der Waals surface area contributed by atoms with Gasteiger partial charge in [-0.05, 0) is 42.7 Å². The lowest BCUT2D eigenvalue weighted by Gasteiger charge is -2.30. The molecule has 2 heterocycles. The quantitative estimate of drug-likeness (QED) is 0.908. The van der Waals surface area contributed by atoms with Gasteiger partial charge in [-0.25, -0.2) is 0 Å². The van der Waals surface area contributed by atoms with Crippen LogP contribution in [0.5, 0.6) is 5.75 Å². The Morgan fingerprint density at radius 3 is 2.95 bits per heavy atom. The molecule has 3 aliphatic rings. The molecule has 1 saturated heterocycles. The second kappa shape index (κ2) is 5.62. The molecule has 3 nitrogen and oxygen atoms in total. The molecule has 0 radical (unpaired) electrons. The van der Waals surface area contributed by atoms with Crippen LogP contribution in [0.3, 0.4) is 0 Å². The second-order valence-corrected chi connectivity index (χ2v) is 7.11. The van der Waals surface area contributed by atoms with E-state index in [0.717, 1.165) is 30.6 Å². The minimum Gasteiger partial charge on any atom is -0.493 e. The van der Waals surface area contributed by atoms with Crippen LogP contribution in [0.2, 0.25) is 0 Å². The van der Waals surface area contributed by atoms with Gasteiger partial charge in [0.05, 0.1) is 6.61 Å². The second-order valence-electron chi connectivity index (χ2n) is 7.11. The Kier molecular flexibility index (Phi) is 3.64. The number of para-hydroxylation sites is 1. The van der Waals surface area contributed by atoms with E-state index in [1.165, 1.54) is 44.5 Å². The van der Waals surface area contributed by atoms with E-state index < -0.39 is 0 Å². The Labute approximate surface area is 127 Å². The maximum absolute atomic E-state index is 6.35. The molecule has 3 heteroatoms. The maximum atomic E-state index is 6.35. The van der Waals surface area contributed by atoms with Crippen molar-refractivity contribution < 1.29 is 4.74 Å². The summed E-state index contributed by atoms with van der Waals surface area (Å²) in [5.41, 5.74) is 7.75. The number of benzene rings is 1. The highest BCUT2D eigenvalue weighted by atomic mass is 16.5. The predicted octanol–water partition coefficient (Wildman–Crippen LogP) is 2.61. The topological polar surface area (TPSA) is 38.5 Å². The molecule has 0 aromatic heterocycles. The summed E-state index contributed by atoms with van der Waals surface area (Å²) < 4.78 is 5.79. The van der Waals surface area contributed by atoms with Crippen LogP contribution >= 0.6 is 0 Å². The molecule has 21 heavy (non-hydrogen) atoms. The monoisotopic (exact) mass is 286 g/mol. The average molecular weight is 286 g/mol. The van der Waals surface area contributed by atoms with E-state index in [9.17, 15) is 0 Å². The Morgan fingerprint density at radius 2 is 2.05 bits per heavy atom. The highest BCUT2D eigenvalue weighted by molar-refractivity contribution is 5.38. The summed E-state index contributed by atoms with van der Waals surface area (Å²) in [6.07, 6.45) is 5.10. The third kappa shape index (κ3) is 2.58. The van der Waals surface area contributed by atoms with Crippen LogP contribution in [0.1, 0.15) is 37.2 Å². The molecule has 4 rings (SSSR count). The Morgan fingerprint density at radius 1 is 1.14 bits per heavy atom. The van der Waals surface area contributed by atoms with Gasteiger partial charge in [0, 0.05) is 31.6 Å². The van der Waals surface area contributed by atoms with Crippen molar-refractivity contribution in [1.29, 1.82) is 0 Å². The first-order valence-corrected chi connectivity index (χ1v) is 8.51. The lowest BCUT2D eigenvalue weighted by atomic mass is 9.78. The summed E-state index contributed by atoms with van der Waals surface area (Å²) in [5, 5.41) is 0. The molecule has 2 fully saturated rings. The van der Waals surface area contributed by atoms with E-state index in [1.807, 2.05) is 0 Å². The lowest BCUT2D eigenvalue weighted by molar-refractivity contribution is 0.226. The predicted molar refractivity (Wildman–Crippen MR) is 84.5 cm³/mol. The molecule has 4 atom stereocenters. The number of likely N-dealkylation sites (tertiary alicyclic amines) is 1. The SMILES string of the molecule is NC1CCCC2CN(CC3CCOc4ccccc43)CC12. The number of ether oxygens (including phenoxy) is 1. The molecule has 4 unspecified atom stereocenters. The first kappa shape index (κ1) is 13.6. The van der Waals surface area contributed by atoms with Crippen molar-refractivity contribution in [2.24, 2.45) is 17.6 Å². The average Bonchev–Trinajstić information content (AvgIpc) is 2.92. The summed E-state index contributed by atoms with van der Waals surface area (Å²) in [4.78, 5) is 2.67. The fraction of sp³-hybridized carbons (Fsp3) is 0.667. The van der Waals surface area contributed by atoms with Gasteiger partial charge < -0.3 is 15.4 Å². The number of fused-ring (bicyclic) bond motifs is 2. The number of hydrogen-bond donors (Lipinski definition) is 1. The zero-order valence-corrected chi connectivity index (χ0v) is 12.7. The third-order valence-electron chi connectivity index (χ3n) is 5.79. The van der Waals surface area contributed by atoms with E-state index >= 15 is 0 Å². The summed E-state index contributed by atoms with van der Waals surface area (Å²) in [7, 11) is 0. The number of nitrogens with two attached hydrogens (primary N) is 1. The molecular weight excluding hydrogens is 260 g/mol. The van der Waals surface area contributed by atoms with Gasteiger partial charge in [0.2, 0.25) is 0 Å². The van der Waals surface area contributed by atoms with Gasteiger partial charge in [0.25, 0.3) is 0 Å². The fourth-order valence-corrected chi connectivity index (χ4v) is 4.68. The molecule has 0 bridgehead atoms. The number of hydrogen-bond acceptors (Lipinski definition) is 3. The molecule has 0 amide bonds. The van der Waals surface area contributed by atoms with Gasteiger partial charge in [0.15, 0.2) is 0 Å². The Bertz CT molecular complexity index is 504. The van der Waals surface area contributed by atoms with Crippen LogP contribution in [0.15, 0.2) is 24.3 Å². The van der Waals surface area contributed by atoms with Gasteiger partial charge in [-0.1, -0.05) is 24.6 Å². The highest BCUT2D eigenvalue weighted by Crippen LogP contribution is 2.39. The largest absolute Gasteiger partial charge is 0.493 e. The zero-order chi connectivity index (χ0) is 14.2. The van der Waals surface area contributed by atoms with Gasteiger partial charge in [0.1, 0.15) is 5.75 Å². The normalized spacial score (nSPS) is 35.9. The van der Waals surface area contributed by atoms with Crippen molar-refractivity contribution >= 4 is 0 Å². The molecular formula is C18H26N2O. The smallest absolute Gasteiger partial charge is 0.122 e. The van der Waals surface area contributed by atoms with Gasteiger partial charge in [-0.3, -0.25) is 0 Å². The first-order valence-electron chi connectivity index (χ1n) is 8.51. The standard InChI is InChI=1S/C18H26N2O/c19-17-6-3-4-13-10-20(12-16(13)17)11-14-8-9-21-18-7-2-1-5-15(14)18/h1-2,5,7,13-14,16-17H,3-4,6,8-12,19H2. The molecule has 2 N–H and O–H groups in total. The molecule has 0 spiro atoms. The van der Waals surface area contributed by atoms with E-state index in [1.54, 1.807) is 0 Å². The van der Waals surface area contributed by atoms with Gasteiger partial charge in [-0.2, -0.15) is 0 Å². The van der Waals surface area contributed by atoms with Crippen LogP contribution in [0, 0.1) is 11.8 Å². The summed E-state index contributed by atoms with van der Waals surface area (Å²) >= 11 is 0. The van der Waals surface area contributed by atoms with E-state index in [2.05, 4.69) is 29.2 Å². The highest BCUT2D eigenvalue weighted by Gasteiger charge is 2.39. The molecule has 1 aromatic rings. The minimum atomic E-state index is 0.440. The zero-order valence-electron chi connectivity index (χ0n) is 12.7. The van der Waals surface area contributed by atoms with Crippen molar-refractivity contribution in [1.82, 2.24) is 4.90 Å². The number of rotatable bonds is 2.